The number of nitrogens with zero attached hydrogens (tertiary/aromatic N) is 2. The average Bonchev–Trinajstić information content (AvgIpc) is 2.66. The molecular formula is C18H15F3N2O5. The molecule has 1 N–H and O–H groups in total. The Hall–Kier alpha value is -3.30. The molecule has 3 rings (SSSR count). The van der Waals surface area contributed by atoms with Crippen LogP contribution in [0.15, 0.2) is 36.4 Å². The van der Waals surface area contributed by atoms with Crippen LogP contribution in [0.3, 0.4) is 0 Å². The molecule has 0 atom stereocenters. The van der Waals surface area contributed by atoms with Crippen LogP contribution in [-0.4, -0.2) is 46.6 Å². The number of alkyl halides is 3. The van der Waals surface area contributed by atoms with E-state index in [-0.39, 0.29) is 24.7 Å². The van der Waals surface area contributed by atoms with E-state index >= 15 is 0 Å². The minimum Gasteiger partial charge on any atom is -0.484 e. The van der Waals surface area contributed by atoms with Crippen LogP contribution in [0.1, 0.15) is 21.6 Å². The number of rotatable bonds is 5. The highest BCUT2D eigenvalue weighted by molar-refractivity contribution is 5.94. The van der Waals surface area contributed by atoms with Gasteiger partial charge in [0.05, 0.1) is 5.56 Å². The summed E-state index contributed by atoms with van der Waals surface area (Å²) in [5, 5.41) is 9.09. The second kappa shape index (κ2) is 7.75. The highest BCUT2D eigenvalue weighted by Gasteiger charge is 2.30. The van der Waals surface area contributed by atoms with Gasteiger partial charge in [-0.15, -0.1) is 0 Å². The molecule has 0 bridgehead atoms. The first-order valence-corrected chi connectivity index (χ1v) is 8.18. The second-order valence-corrected chi connectivity index (χ2v) is 5.95. The third-order valence-corrected chi connectivity index (χ3v) is 3.89. The van der Waals surface area contributed by atoms with Gasteiger partial charge in [0.1, 0.15) is 25.5 Å². The van der Waals surface area contributed by atoms with Crippen molar-refractivity contribution in [1.82, 2.24) is 9.88 Å². The lowest BCUT2D eigenvalue weighted by molar-refractivity contribution is -0.138. The number of benzene rings is 1. The van der Waals surface area contributed by atoms with Crippen molar-refractivity contribution >= 4 is 11.9 Å². The maximum atomic E-state index is 12.7. The lowest BCUT2D eigenvalue weighted by Crippen LogP contribution is -2.35. The first-order valence-electron chi connectivity index (χ1n) is 8.18. The zero-order valence-electron chi connectivity index (χ0n) is 14.4. The van der Waals surface area contributed by atoms with Crippen molar-refractivity contribution in [1.29, 1.82) is 0 Å². The van der Waals surface area contributed by atoms with Crippen LogP contribution in [-0.2, 0) is 17.5 Å². The van der Waals surface area contributed by atoms with E-state index in [1.54, 1.807) is 0 Å². The molecule has 1 amide bonds. The molecule has 1 aromatic heterocycles. The molecule has 148 valence electrons. The van der Waals surface area contributed by atoms with Crippen molar-refractivity contribution < 1.29 is 37.3 Å². The van der Waals surface area contributed by atoms with Crippen LogP contribution < -0.4 is 9.47 Å². The first kappa shape index (κ1) is 19.5. The van der Waals surface area contributed by atoms with Crippen molar-refractivity contribution in [3.63, 3.8) is 0 Å². The molecule has 1 aliphatic rings. The maximum absolute atomic E-state index is 12.7. The van der Waals surface area contributed by atoms with Gasteiger partial charge < -0.3 is 19.5 Å². The number of aliphatic carboxylic acids is 1. The molecule has 0 spiro atoms. The third kappa shape index (κ3) is 4.51. The Bertz CT molecular complexity index is 884. The summed E-state index contributed by atoms with van der Waals surface area (Å²) >= 11 is 0. The van der Waals surface area contributed by atoms with Crippen molar-refractivity contribution in [2.45, 2.75) is 12.7 Å². The van der Waals surface area contributed by atoms with E-state index in [2.05, 4.69) is 4.98 Å². The standard InChI is InChI=1S/C18H15F3N2O5/c19-18(20,21)12-3-1-11(2-4-12)9-23(10-15(24)25)17(26)13-5-6-14-16(22-13)28-8-7-27-14/h1-6H,7-10H2,(H,24,25). The van der Waals surface area contributed by atoms with E-state index < -0.39 is 30.2 Å². The van der Waals surface area contributed by atoms with Crippen molar-refractivity contribution in [3.8, 4) is 11.6 Å². The normalized spacial score (nSPS) is 13.1. The Labute approximate surface area is 157 Å². The third-order valence-electron chi connectivity index (χ3n) is 3.89. The summed E-state index contributed by atoms with van der Waals surface area (Å²) in [6.45, 7) is -0.224. The van der Waals surface area contributed by atoms with Crippen LogP contribution in [0.4, 0.5) is 13.2 Å². The molecule has 2 heterocycles. The lowest BCUT2D eigenvalue weighted by atomic mass is 10.1. The highest BCUT2D eigenvalue weighted by Crippen LogP contribution is 2.30. The molecule has 28 heavy (non-hydrogen) atoms. The summed E-state index contributed by atoms with van der Waals surface area (Å²) in [7, 11) is 0. The van der Waals surface area contributed by atoms with Gasteiger partial charge in [-0.1, -0.05) is 12.1 Å². The minimum atomic E-state index is -4.48. The highest BCUT2D eigenvalue weighted by atomic mass is 19.4. The summed E-state index contributed by atoms with van der Waals surface area (Å²) < 4.78 is 48.6. The van der Waals surface area contributed by atoms with Gasteiger partial charge in [0.25, 0.3) is 11.8 Å². The molecule has 0 saturated heterocycles. The van der Waals surface area contributed by atoms with Crippen LogP contribution in [0.25, 0.3) is 0 Å². The number of carboxylic acids is 1. The molecule has 0 aliphatic carbocycles. The predicted molar refractivity (Wildman–Crippen MR) is 89.0 cm³/mol. The maximum Gasteiger partial charge on any atom is 0.416 e. The van der Waals surface area contributed by atoms with Crippen LogP contribution in [0.2, 0.25) is 0 Å². The quantitative estimate of drug-likeness (QED) is 0.836. The monoisotopic (exact) mass is 396 g/mol. The molecule has 10 heteroatoms. The topological polar surface area (TPSA) is 89.0 Å². The summed E-state index contributed by atoms with van der Waals surface area (Å²) in [6, 6.07) is 7.01. The molecule has 7 nitrogen and oxygen atoms in total. The van der Waals surface area contributed by atoms with E-state index in [4.69, 9.17) is 14.6 Å². The Morgan fingerprint density at radius 2 is 1.75 bits per heavy atom. The van der Waals surface area contributed by atoms with E-state index in [0.29, 0.717) is 17.9 Å². The molecular weight excluding hydrogens is 381 g/mol. The van der Waals surface area contributed by atoms with E-state index in [0.717, 1.165) is 17.0 Å². The zero-order valence-corrected chi connectivity index (χ0v) is 14.4. The molecule has 0 fully saturated rings. The van der Waals surface area contributed by atoms with Gasteiger partial charge in [-0.25, -0.2) is 4.98 Å². The smallest absolute Gasteiger partial charge is 0.416 e. The number of hydrogen-bond donors (Lipinski definition) is 1. The summed E-state index contributed by atoms with van der Waals surface area (Å²) in [5.74, 6) is -1.46. The van der Waals surface area contributed by atoms with Gasteiger partial charge in [0.15, 0.2) is 5.75 Å². The summed E-state index contributed by atoms with van der Waals surface area (Å²) in [4.78, 5) is 28.9. The summed E-state index contributed by atoms with van der Waals surface area (Å²) in [6.07, 6.45) is -4.48. The van der Waals surface area contributed by atoms with Crippen LogP contribution in [0, 0.1) is 0 Å². The number of pyridine rings is 1. The average molecular weight is 396 g/mol. The van der Waals surface area contributed by atoms with E-state index in [1.807, 2.05) is 0 Å². The Morgan fingerprint density at radius 1 is 1.07 bits per heavy atom. The number of amides is 1. The minimum absolute atomic E-state index is 0.0580. The second-order valence-electron chi connectivity index (χ2n) is 5.95. The lowest BCUT2D eigenvalue weighted by Gasteiger charge is -2.22. The van der Waals surface area contributed by atoms with Gasteiger partial charge in [0.2, 0.25) is 0 Å². The SMILES string of the molecule is O=C(O)CN(Cc1ccc(C(F)(F)F)cc1)C(=O)c1ccc2c(n1)OCCO2. The Kier molecular flexibility index (Phi) is 5.39. The number of aromatic nitrogens is 1. The van der Waals surface area contributed by atoms with Crippen molar-refractivity contribution in [3.05, 3.63) is 53.2 Å². The zero-order chi connectivity index (χ0) is 20.3. The molecule has 2 aromatic rings. The van der Waals surface area contributed by atoms with Crippen LogP contribution >= 0.6 is 0 Å². The Balaban J connectivity index is 1.81. The Morgan fingerprint density at radius 3 is 2.39 bits per heavy atom. The predicted octanol–water partition coefficient (Wildman–Crippen LogP) is 2.60. The number of ether oxygens (including phenoxy) is 2. The van der Waals surface area contributed by atoms with E-state index in [1.165, 1.54) is 24.3 Å². The van der Waals surface area contributed by atoms with Crippen molar-refractivity contribution in [2.75, 3.05) is 19.8 Å². The number of carbonyl (C=O) groups excluding carboxylic acids is 1. The number of carboxylic acid groups (broad SMARTS) is 1. The molecule has 1 aromatic carbocycles. The fourth-order valence-corrected chi connectivity index (χ4v) is 2.59. The van der Waals surface area contributed by atoms with Gasteiger partial charge in [-0.2, -0.15) is 13.2 Å². The van der Waals surface area contributed by atoms with Gasteiger partial charge >= 0.3 is 12.1 Å². The fourth-order valence-electron chi connectivity index (χ4n) is 2.59. The van der Waals surface area contributed by atoms with Crippen molar-refractivity contribution in [2.24, 2.45) is 0 Å². The molecule has 0 unspecified atom stereocenters. The van der Waals surface area contributed by atoms with Gasteiger partial charge in [-0.3, -0.25) is 9.59 Å². The fraction of sp³-hybridized carbons (Fsp3) is 0.278. The van der Waals surface area contributed by atoms with E-state index in [9.17, 15) is 22.8 Å². The summed E-state index contributed by atoms with van der Waals surface area (Å²) in [5.41, 5.74) is -0.543. The number of carbonyl (C=O) groups is 2. The number of fused-ring (bicyclic) bond motifs is 1. The van der Waals surface area contributed by atoms with Gasteiger partial charge in [-0.05, 0) is 29.8 Å². The van der Waals surface area contributed by atoms with Gasteiger partial charge in [0, 0.05) is 6.54 Å². The number of hydrogen-bond acceptors (Lipinski definition) is 5. The molecule has 0 saturated carbocycles. The molecule has 1 aliphatic heterocycles. The van der Waals surface area contributed by atoms with Crippen LogP contribution in [0.5, 0.6) is 11.6 Å². The molecule has 0 radical (unpaired) electrons. The first-order chi connectivity index (χ1) is 13.2. The largest absolute Gasteiger partial charge is 0.484 e. The number of halogens is 3.